The van der Waals surface area contributed by atoms with Crippen LogP contribution in [-0.2, 0) is 4.79 Å². The van der Waals surface area contributed by atoms with E-state index in [4.69, 9.17) is 0 Å². The summed E-state index contributed by atoms with van der Waals surface area (Å²) >= 11 is 0. The average Bonchev–Trinajstić information content (AvgIpc) is 3.23. The van der Waals surface area contributed by atoms with Gasteiger partial charge < -0.3 is 9.88 Å². The highest BCUT2D eigenvalue weighted by atomic mass is 16.1. The molecule has 2 heterocycles. The quantitative estimate of drug-likeness (QED) is 0.489. The van der Waals surface area contributed by atoms with E-state index in [9.17, 15) is 4.79 Å². The molecule has 0 bridgehead atoms. The van der Waals surface area contributed by atoms with Gasteiger partial charge in [-0.05, 0) is 85.0 Å². The topological polar surface area (TPSA) is 49.0 Å². The number of carbonyl (C=O) groups is 1. The summed E-state index contributed by atoms with van der Waals surface area (Å²) in [4.78, 5) is 21.6. The van der Waals surface area contributed by atoms with Crippen LogP contribution in [0.2, 0.25) is 0 Å². The van der Waals surface area contributed by atoms with Gasteiger partial charge in [0.1, 0.15) is 0 Å². The van der Waals surface area contributed by atoms with E-state index in [1.165, 1.54) is 16.5 Å². The first-order valence-corrected chi connectivity index (χ1v) is 9.98. The van der Waals surface area contributed by atoms with Crippen LogP contribution < -0.4 is 4.90 Å². The van der Waals surface area contributed by atoms with Crippen molar-refractivity contribution in [3.8, 4) is 0 Å². The van der Waals surface area contributed by atoms with Gasteiger partial charge >= 0.3 is 0 Å². The monoisotopic (exact) mass is 369 g/mol. The Bertz CT molecular complexity index is 1120. The first kappa shape index (κ1) is 17.0. The number of amides is 1. The molecule has 2 aromatic carbocycles. The maximum absolute atomic E-state index is 12.0. The Hall–Kier alpha value is -3.14. The maximum atomic E-state index is 12.0. The Kier molecular flexibility index (Phi) is 4.32. The molecule has 1 aliphatic rings. The molecule has 4 aromatic rings. The highest BCUT2D eigenvalue weighted by Crippen LogP contribution is 2.37. The lowest BCUT2D eigenvalue weighted by Gasteiger charge is -2.35. The largest absolute Gasteiger partial charge is 0.361 e. The summed E-state index contributed by atoms with van der Waals surface area (Å²) in [6.45, 7) is 0. The molecule has 1 fully saturated rings. The van der Waals surface area contributed by atoms with Crippen LogP contribution in [0.5, 0.6) is 0 Å². The molecular formula is C24H23N3O. The van der Waals surface area contributed by atoms with Crippen molar-refractivity contribution in [3.05, 3.63) is 72.6 Å². The molecule has 1 aliphatic carbocycles. The minimum Gasteiger partial charge on any atom is -0.361 e. The van der Waals surface area contributed by atoms with Gasteiger partial charge in [0.15, 0.2) is 0 Å². The number of nitrogens with one attached hydrogen (secondary N) is 1. The minimum atomic E-state index is 0.246. The van der Waals surface area contributed by atoms with Crippen LogP contribution in [0, 0.1) is 0 Å². The van der Waals surface area contributed by atoms with E-state index in [1.807, 2.05) is 41.4 Å². The molecule has 0 aliphatic heterocycles. The zero-order valence-corrected chi connectivity index (χ0v) is 15.7. The molecule has 28 heavy (non-hydrogen) atoms. The number of hydrogen-bond donors (Lipinski definition) is 1. The number of aromatic nitrogens is 2. The summed E-state index contributed by atoms with van der Waals surface area (Å²) < 4.78 is 0. The lowest BCUT2D eigenvalue weighted by atomic mass is 9.81. The van der Waals surface area contributed by atoms with Gasteiger partial charge in [-0.15, -0.1) is 0 Å². The zero-order chi connectivity index (χ0) is 18.9. The third-order valence-electron chi connectivity index (χ3n) is 6.15. The second-order valence-corrected chi connectivity index (χ2v) is 7.69. The van der Waals surface area contributed by atoms with Crippen LogP contribution in [0.3, 0.4) is 0 Å². The van der Waals surface area contributed by atoms with Gasteiger partial charge in [-0.1, -0.05) is 12.1 Å². The van der Waals surface area contributed by atoms with E-state index in [-0.39, 0.29) is 6.04 Å². The summed E-state index contributed by atoms with van der Waals surface area (Å²) in [5, 5.41) is 2.31. The van der Waals surface area contributed by atoms with E-state index in [0.717, 1.165) is 48.7 Å². The zero-order valence-electron chi connectivity index (χ0n) is 15.7. The molecule has 0 radical (unpaired) electrons. The van der Waals surface area contributed by atoms with E-state index < -0.39 is 0 Å². The Morgan fingerprint density at radius 2 is 1.89 bits per heavy atom. The summed E-state index contributed by atoms with van der Waals surface area (Å²) in [7, 11) is 0. The molecule has 0 unspecified atom stereocenters. The van der Waals surface area contributed by atoms with E-state index in [0.29, 0.717) is 5.92 Å². The molecule has 0 saturated heterocycles. The van der Waals surface area contributed by atoms with Crippen molar-refractivity contribution >= 4 is 33.9 Å². The number of nitrogens with zero attached hydrogens (tertiary/aromatic N) is 2. The molecular weight excluding hydrogens is 346 g/mol. The fourth-order valence-electron chi connectivity index (χ4n) is 4.66. The van der Waals surface area contributed by atoms with Crippen molar-refractivity contribution in [2.45, 2.75) is 37.6 Å². The van der Waals surface area contributed by atoms with Crippen LogP contribution in [0.4, 0.5) is 5.69 Å². The van der Waals surface area contributed by atoms with Crippen LogP contribution >= 0.6 is 0 Å². The number of H-pyrrole nitrogens is 1. The molecule has 1 amide bonds. The van der Waals surface area contributed by atoms with Crippen molar-refractivity contribution in [1.29, 1.82) is 0 Å². The number of pyridine rings is 1. The van der Waals surface area contributed by atoms with Crippen molar-refractivity contribution in [3.63, 3.8) is 0 Å². The van der Waals surface area contributed by atoms with Crippen molar-refractivity contribution in [1.82, 2.24) is 9.97 Å². The molecule has 0 spiro atoms. The van der Waals surface area contributed by atoms with Crippen LogP contribution in [-0.4, -0.2) is 22.4 Å². The second-order valence-electron chi connectivity index (χ2n) is 7.69. The number of aromatic amines is 1. The van der Waals surface area contributed by atoms with Gasteiger partial charge in [0, 0.05) is 29.3 Å². The number of benzene rings is 2. The highest BCUT2D eigenvalue weighted by Gasteiger charge is 2.27. The molecule has 140 valence electrons. The highest BCUT2D eigenvalue weighted by molar-refractivity contribution is 5.96. The predicted molar refractivity (Wildman–Crippen MR) is 114 cm³/mol. The number of carbonyl (C=O) groups excluding carboxylic acids is 1. The Morgan fingerprint density at radius 3 is 2.75 bits per heavy atom. The molecule has 5 rings (SSSR count). The Labute approximate surface area is 164 Å². The molecule has 0 atom stereocenters. The molecule has 4 heteroatoms. The smallest absolute Gasteiger partial charge is 0.214 e. The van der Waals surface area contributed by atoms with E-state index >= 15 is 0 Å². The lowest BCUT2D eigenvalue weighted by molar-refractivity contribution is -0.108. The summed E-state index contributed by atoms with van der Waals surface area (Å²) in [6.07, 6.45) is 9.03. The van der Waals surface area contributed by atoms with E-state index in [2.05, 4.69) is 34.2 Å². The third kappa shape index (κ3) is 2.95. The first-order valence-electron chi connectivity index (χ1n) is 9.98. The van der Waals surface area contributed by atoms with Gasteiger partial charge in [0.25, 0.3) is 0 Å². The fourth-order valence-corrected chi connectivity index (χ4v) is 4.66. The van der Waals surface area contributed by atoms with Crippen LogP contribution in [0.25, 0.3) is 21.8 Å². The van der Waals surface area contributed by atoms with Gasteiger partial charge in [-0.2, -0.15) is 0 Å². The van der Waals surface area contributed by atoms with Crippen LogP contribution in [0.15, 0.2) is 67.0 Å². The number of rotatable bonds is 4. The first-order chi connectivity index (χ1) is 13.8. The average molecular weight is 369 g/mol. The molecule has 2 aromatic heterocycles. The number of anilines is 1. The number of hydrogen-bond acceptors (Lipinski definition) is 2. The third-order valence-corrected chi connectivity index (χ3v) is 6.15. The Morgan fingerprint density at radius 1 is 1.00 bits per heavy atom. The number of fused-ring (bicyclic) bond motifs is 2. The SMILES string of the molecule is O=CN(c1cccc2ncccc12)C1CCC(c2ccc3[nH]ccc3c2)CC1. The van der Waals surface area contributed by atoms with Gasteiger partial charge in [-0.3, -0.25) is 9.78 Å². The molecule has 4 nitrogen and oxygen atoms in total. The normalized spacial score (nSPS) is 19.7. The fraction of sp³-hybridized carbons (Fsp3) is 0.250. The minimum absolute atomic E-state index is 0.246. The molecule has 1 saturated carbocycles. The Balaban J connectivity index is 1.36. The van der Waals surface area contributed by atoms with Gasteiger partial charge in [0.05, 0.1) is 11.2 Å². The predicted octanol–water partition coefficient (Wildman–Crippen LogP) is 5.41. The van der Waals surface area contributed by atoms with Crippen molar-refractivity contribution in [2.75, 3.05) is 4.90 Å². The second kappa shape index (κ2) is 7.12. The summed E-state index contributed by atoms with van der Waals surface area (Å²) in [6, 6.07) is 19.1. The molecule has 1 N–H and O–H groups in total. The standard InChI is InChI=1S/C24H23N3O/c28-16-27(24-5-1-4-23-21(24)3-2-13-25-23)20-9-6-17(7-10-20)18-8-11-22-19(15-18)12-14-26-22/h1-5,8,11-17,20,26H,6-7,9-10H2. The summed E-state index contributed by atoms with van der Waals surface area (Å²) in [5.74, 6) is 0.568. The lowest BCUT2D eigenvalue weighted by Crippen LogP contribution is -2.37. The van der Waals surface area contributed by atoms with Gasteiger partial charge in [-0.25, -0.2) is 0 Å². The maximum Gasteiger partial charge on any atom is 0.214 e. The van der Waals surface area contributed by atoms with Crippen molar-refractivity contribution < 1.29 is 4.79 Å². The van der Waals surface area contributed by atoms with Gasteiger partial charge in [0.2, 0.25) is 6.41 Å². The summed E-state index contributed by atoms with van der Waals surface area (Å²) in [5.41, 5.74) is 4.50. The van der Waals surface area contributed by atoms with Crippen LogP contribution in [0.1, 0.15) is 37.2 Å². The van der Waals surface area contributed by atoms with E-state index in [1.54, 1.807) is 6.20 Å². The van der Waals surface area contributed by atoms with Crippen molar-refractivity contribution in [2.24, 2.45) is 0 Å².